The van der Waals surface area contributed by atoms with Gasteiger partial charge in [0.15, 0.2) is 5.78 Å². The lowest BCUT2D eigenvalue weighted by Gasteiger charge is -2.08. The summed E-state index contributed by atoms with van der Waals surface area (Å²) in [5, 5.41) is 19.0. The summed E-state index contributed by atoms with van der Waals surface area (Å²) in [4.78, 5) is 12.0. The third-order valence-electron chi connectivity index (χ3n) is 3.09. The molecule has 0 amide bonds. The average molecular weight is 250 g/mol. The van der Waals surface area contributed by atoms with Gasteiger partial charge in [0.05, 0.1) is 5.56 Å². The van der Waals surface area contributed by atoms with E-state index < -0.39 is 0 Å². The Kier molecular flexibility index (Phi) is 5.69. The summed E-state index contributed by atoms with van der Waals surface area (Å²) < 4.78 is 0. The second-order valence-electron chi connectivity index (χ2n) is 4.74. The van der Waals surface area contributed by atoms with E-state index >= 15 is 0 Å². The number of phenols is 2. The predicted molar refractivity (Wildman–Crippen MR) is 72.2 cm³/mol. The van der Waals surface area contributed by atoms with Crippen molar-refractivity contribution in [3.05, 3.63) is 23.3 Å². The van der Waals surface area contributed by atoms with Crippen LogP contribution in [0.2, 0.25) is 0 Å². The van der Waals surface area contributed by atoms with E-state index in [0.717, 1.165) is 19.3 Å². The lowest BCUT2D eigenvalue weighted by Crippen LogP contribution is -2.02. The number of unbranched alkanes of at least 4 members (excludes halogenated alkanes) is 4. The van der Waals surface area contributed by atoms with E-state index in [0.29, 0.717) is 17.5 Å². The van der Waals surface area contributed by atoms with E-state index in [9.17, 15) is 15.0 Å². The maximum Gasteiger partial charge on any atom is 0.166 e. The van der Waals surface area contributed by atoms with Crippen LogP contribution in [0, 0.1) is 6.92 Å². The van der Waals surface area contributed by atoms with E-state index in [4.69, 9.17) is 0 Å². The first-order chi connectivity index (χ1) is 8.56. The smallest absolute Gasteiger partial charge is 0.166 e. The number of aromatic hydroxyl groups is 2. The molecule has 0 spiro atoms. The molecule has 3 nitrogen and oxygen atoms in total. The Labute approximate surface area is 108 Å². The van der Waals surface area contributed by atoms with E-state index in [1.807, 2.05) is 0 Å². The molecule has 0 fully saturated rings. The summed E-state index contributed by atoms with van der Waals surface area (Å²) in [7, 11) is 0. The van der Waals surface area contributed by atoms with Gasteiger partial charge in [0.1, 0.15) is 11.5 Å². The molecule has 1 aromatic rings. The zero-order chi connectivity index (χ0) is 13.5. The monoisotopic (exact) mass is 250 g/mol. The molecule has 0 atom stereocenters. The highest BCUT2D eigenvalue weighted by atomic mass is 16.3. The molecule has 2 N–H and O–H groups in total. The number of phenolic OH excluding ortho intramolecular Hbond substituents is 2. The number of ketones is 1. The number of Topliss-reactive ketones (excluding diaryl/α,β-unsaturated/α-hetero) is 1. The fraction of sp³-hybridized carbons (Fsp3) is 0.533. The van der Waals surface area contributed by atoms with Crippen molar-refractivity contribution in [1.29, 1.82) is 0 Å². The maximum atomic E-state index is 12.0. The SMILES string of the molecule is CCCCCCCC(=O)c1c(C)cc(O)cc1O. The number of carbonyl (C=O) groups excluding carboxylic acids is 1. The Hall–Kier alpha value is -1.51. The Morgan fingerprint density at radius 1 is 1.11 bits per heavy atom. The second kappa shape index (κ2) is 7.04. The molecule has 3 heteroatoms. The predicted octanol–water partition coefficient (Wildman–Crippen LogP) is 3.95. The van der Waals surface area contributed by atoms with Gasteiger partial charge in [0, 0.05) is 12.5 Å². The number of hydrogen-bond acceptors (Lipinski definition) is 3. The van der Waals surface area contributed by atoms with Crippen molar-refractivity contribution in [1.82, 2.24) is 0 Å². The van der Waals surface area contributed by atoms with Crippen LogP contribution in [-0.2, 0) is 0 Å². The summed E-state index contributed by atoms with van der Waals surface area (Å²) in [6, 6.07) is 2.72. The minimum absolute atomic E-state index is 0.00973. The van der Waals surface area contributed by atoms with Crippen LogP contribution in [0.15, 0.2) is 12.1 Å². The van der Waals surface area contributed by atoms with Gasteiger partial charge in [-0.15, -0.1) is 0 Å². The quantitative estimate of drug-likeness (QED) is 0.569. The molecule has 0 aromatic heterocycles. The van der Waals surface area contributed by atoms with Crippen LogP contribution in [0.25, 0.3) is 0 Å². The minimum atomic E-state index is -0.119. The normalized spacial score (nSPS) is 10.6. The molecule has 0 unspecified atom stereocenters. The Morgan fingerprint density at radius 3 is 2.39 bits per heavy atom. The Bertz CT molecular complexity index is 387. The van der Waals surface area contributed by atoms with Crippen molar-refractivity contribution >= 4 is 5.78 Å². The van der Waals surface area contributed by atoms with Gasteiger partial charge < -0.3 is 10.2 Å². The molecule has 1 rings (SSSR count). The first kappa shape index (κ1) is 14.6. The highest BCUT2D eigenvalue weighted by molar-refractivity contribution is 6.00. The van der Waals surface area contributed by atoms with E-state index in [1.54, 1.807) is 6.92 Å². The number of rotatable bonds is 7. The van der Waals surface area contributed by atoms with Gasteiger partial charge in [0.25, 0.3) is 0 Å². The molecular weight excluding hydrogens is 228 g/mol. The number of benzene rings is 1. The number of hydrogen-bond donors (Lipinski definition) is 2. The lowest BCUT2D eigenvalue weighted by molar-refractivity contribution is 0.0976. The van der Waals surface area contributed by atoms with Crippen LogP contribution in [0.3, 0.4) is 0 Å². The van der Waals surface area contributed by atoms with Crippen LogP contribution in [0.5, 0.6) is 11.5 Å². The summed E-state index contributed by atoms with van der Waals surface area (Å²) >= 11 is 0. The lowest BCUT2D eigenvalue weighted by atomic mass is 9.98. The molecule has 0 saturated carbocycles. The molecular formula is C15H22O3. The Balaban J connectivity index is 2.57. The van der Waals surface area contributed by atoms with Crippen LogP contribution in [0.1, 0.15) is 61.4 Å². The van der Waals surface area contributed by atoms with Crippen LogP contribution >= 0.6 is 0 Å². The van der Waals surface area contributed by atoms with Gasteiger partial charge in [-0.05, 0) is 25.0 Å². The van der Waals surface area contributed by atoms with E-state index in [1.165, 1.54) is 25.0 Å². The minimum Gasteiger partial charge on any atom is -0.508 e. The average Bonchev–Trinajstić information content (AvgIpc) is 2.27. The first-order valence-corrected chi connectivity index (χ1v) is 6.62. The fourth-order valence-corrected chi connectivity index (χ4v) is 2.13. The summed E-state index contributed by atoms with van der Waals surface area (Å²) in [6.45, 7) is 3.88. The van der Waals surface area contributed by atoms with Crippen LogP contribution in [-0.4, -0.2) is 16.0 Å². The molecule has 0 radical (unpaired) electrons. The van der Waals surface area contributed by atoms with Crippen LogP contribution < -0.4 is 0 Å². The molecule has 0 bridgehead atoms. The van der Waals surface area contributed by atoms with Crippen molar-refractivity contribution in [2.24, 2.45) is 0 Å². The second-order valence-corrected chi connectivity index (χ2v) is 4.74. The largest absolute Gasteiger partial charge is 0.508 e. The third kappa shape index (κ3) is 4.06. The fourth-order valence-electron chi connectivity index (χ4n) is 2.13. The first-order valence-electron chi connectivity index (χ1n) is 6.62. The molecule has 0 aliphatic carbocycles. The molecule has 0 aliphatic heterocycles. The summed E-state index contributed by atoms with van der Waals surface area (Å²) in [6.07, 6.45) is 5.92. The highest BCUT2D eigenvalue weighted by Crippen LogP contribution is 2.28. The number of aryl methyl sites for hydroxylation is 1. The highest BCUT2D eigenvalue weighted by Gasteiger charge is 2.14. The van der Waals surface area contributed by atoms with Crippen molar-refractivity contribution in [3.63, 3.8) is 0 Å². The van der Waals surface area contributed by atoms with Gasteiger partial charge >= 0.3 is 0 Å². The molecule has 1 aromatic carbocycles. The van der Waals surface area contributed by atoms with Crippen molar-refractivity contribution < 1.29 is 15.0 Å². The zero-order valence-electron chi connectivity index (χ0n) is 11.2. The molecule has 0 heterocycles. The number of carbonyl (C=O) groups is 1. The van der Waals surface area contributed by atoms with Crippen LogP contribution in [0.4, 0.5) is 0 Å². The topological polar surface area (TPSA) is 57.5 Å². The van der Waals surface area contributed by atoms with Gasteiger partial charge in [-0.25, -0.2) is 0 Å². The standard InChI is InChI=1S/C15H22O3/c1-3-4-5-6-7-8-13(17)15-11(2)9-12(16)10-14(15)18/h9-10,16,18H,3-8H2,1-2H3. The summed E-state index contributed by atoms with van der Waals surface area (Å²) in [5.74, 6) is -0.169. The van der Waals surface area contributed by atoms with E-state index in [-0.39, 0.29) is 17.3 Å². The van der Waals surface area contributed by atoms with Gasteiger partial charge in [-0.3, -0.25) is 4.79 Å². The van der Waals surface area contributed by atoms with Gasteiger partial charge in [0.2, 0.25) is 0 Å². The van der Waals surface area contributed by atoms with Crippen molar-refractivity contribution in [2.75, 3.05) is 0 Å². The van der Waals surface area contributed by atoms with E-state index in [2.05, 4.69) is 6.92 Å². The van der Waals surface area contributed by atoms with Crippen molar-refractivity contribution in [3.8, 4) is 11.5 Å². The molecule has 0 aliphatic rings. The molecule has 18 heavy (non-hydrogen) atoms. The molecule has 100 valence electrons. The Morgan fingerprint density at radius 2 is 1.78 bits per heavy atom. The summed E-state index contributed by atoms with van der Waals surface area (Å²) in [5.41, 5.74) is 0.981. The van der Waals surface area contributed by atoms with Gasteiger partial charge in [-0.1, -0.05) is 32.6 Å². The third-order valence-corrected chi connectivity index (χ3v) is 3.09. The van der Waals surface area contributed by atoms with Crippen molar-refractivity contribution in [2.45, 2.75) is 52.4 Å². The zero-order valence-corrected chi connectivity index (χ0v) is 11.2. The molecule has 0 saturated heterocycles. The maximum absolute atomic E-state index is 12.0. The van der Waals surface area contributed by atoms with Gasteiger partial charge in [-0.2, -0.15) is 0 Å².